The molecule has 0 aromatic heterocycles. The van der Waals surface area contributed by atoms with Crippen molar-refractivity contribution in [1.82, 2.24) is 4.90 Å². The highest BCUT2D eigenvalue weighted by molar-refractivity contribution is 5.69. The fraction of sp³-hybridized carbons (Fsp3) is 0.421. The van der Waals surface area contributed by atoms with Gasteiger partial charge in [0.2, 0.25) is 0 Å². The van der Waals surface area contributed by atoms with Gasteiger partial charge in [-0.1, -0.05) is 48.6 Å². The summed E-state index contributed by atoms with van der Waals surface area (Å²) in [7, 11) is 0. The van der Waals surface area contributed by atoms with E-state index < -0.39 is 0 Å². The van der Waals surface area contributed by atoms with E-state index in [4.69, 9.17) is 4.74 Å². The van der Waals surface area contributed by atoms with Gasteiger partial charge in [0.05, 0.1) is 12.1 Å². The number of hydrogen-bond acceptors (Lipinski definition) is 3. The van der Waals surface area contributed by atoms with Crippen LogP contribution in [0.2, 0.25) is 0 Å². The lowest BCUT2D eigenvalue weighted by Crippen LogP contribution is -2.36. The zero-order chi connectivity index (χ0) is 16.5. The van der Waals surface area contributed by atoms with Crippen molar-refractivity contribution in [3.8, 4) is 0 Å². The lowest BCUT2D eigenvalue weighted by molar-refractivity contribution is 0.0925. The molecule has 1 aliphatic heterocycles. The number of nitrogens with zero attached hydrogens (tertiary/aromatic N) is 1. The molecule has 0 fully saturated rings. The summed E-state index contributed by atoms with van der Waals surface area (Å²) in [4.78, 5) is 14.0. The molecule has 2 atom stereocenters. The first-order valence-electron chi connectivity index (χ1n) is 8.13. The second kappa shape index (κ2) is 9.16. The van der Waals surface area contributed by atoms with Crippen molar-refractivity contribution in [2.45, 2.75) is 44.4 Å². The molecule has 0 saturated heterocycles. The Morgan fingerprint density at radius 2 is 2.22 bits per heavy atom. The summed E-state index contributed by atoms with van der Waals surface area (Å²) in [6, 6.07) is 9.74. The Kier molecular flexibility index (Phi) is 6.88. The number of hydrogen-bond donors (Lipinski definition) is 1. The molecule has 0 saturated carbocycles. The molecule has 1 aromatic carbocycles. The van der Waals surface area contributed by atoms with Crippen LogP contribution < -0.4 is 0 Å². The molecule has 2 rings (SSSR count). The van der Waals surface area contributed by atoms with Gasteiger partial charge in [-0.2, -0.15) is 0 Å². The van der Waals surface area contributed by atoms with Crippen molar-refractivity contribution >= 4 is 6.09 Å². The monoisotopic (exact) mass is 315 g/mol. The number of ether oxygens (including phenoxy) is 1. The third-order valence-electron chi connectivity index (χ3n) is 3.98. The molecular formula is C19H25NO3. The number of carbonyl (C=O) groups is 1. The Balaban J connectivity index is 1.75. The van der Waals surface area contributed by atoms with E-state index in [1.807, 2.05) is 42.5 Å². The van der Waals surface area contributed by atoms with Gasteiger partial charge in [-0.15, -0.1) is 6.58 Å². The molecule has 23 heavy (non-hydrogen) atoms. The van der Waals surface area contributed by atoms with E-state index in [1.165, 1.54) is 0 Å². The number of aliphatic hydroxyl groups is 1. The third-order valence-corrected chi connectivity index (χ3v) is 3.98. The van der Waals surface area contributed by atoms with Crippen molar-refractivity contribution in [3.05, 3.63) is 60.7 Å². The van der Waals surface area contributed by atoms with Crippen LogP contribution in [-0.2, 0) is 11.3 Å². The minimum atomic E-state index is -0.337. The Labute approximate surface area is 138 Å². The molecule has 0 unspecified atom stereocenters. The molecule has 1 aliphatic rings. The second-order valence-electron chi connectivity index (χ2n) is 5.80. The number of carbonyl (C=O) groups excluding carboxylic acids is 1. The van der Waals surface area contributed by atoms with Gasteiger partial charge < -0.3 is 9.84 Å². The largest absolute Gasteiger partial charge is 0.445 e. The highest BCUT2D eigenvalue weighted by Gasteiger charge is 2.25. The average molecular weight is 315 g/mol. The lowest BCUT2D eigenvalue weighted by Gasteiger charge is -2.24. The average Bonchev–Trinajstić information content (AvgIpc) is 3.02. The van der Waals surface area contributed by atoms with E-state index in [9.17, 15) is 9.90 Å². The molecular weight excluding hydrogens is 290 g/mol. The molecule has 1 aromatic rings. The molecule has 124 valence electrons. The van der Waals surface area contributed by atoms with E-state index >= 15 is 0 Å². The van der Waals surface area contributed by atoms with Crippen LogP contribution >= 0.6 is 0 Å². The molecule has 0 aliphatic carbocycles. The van der Waals surface area contributed by atoms with Crippen LogP contribution in [0.1, 0.15) is 31.2 Å². The zero-order valence-electron chi connectivity index (χ0n) is 13.4. The quantitative estimate of drug-likeness (QED) is 0.745. The Morgan fingerprint density at radius 1 is 1.43 bits per heavy atom. The van der Waals surface area contributed by atoms with Gasteiger partial charge in [-0.3, -0.25) is 4.90 Å². The Morgan fingerprint density at radius 3 is 2.96 bits per heavy atom. The summed E-state index contributed by atoms with van der Waals surface area (Å²) < 4.78 is 5.39. The predicted molar refractivity (Wildman–Crippen MR) is 90.9 cm³/mol. The van der Waals surface area contributed by atoms with Crippen molar-refractivity contribution in [3.63, 3.8) is 0 Å². The van der Waals surface area contributed by atoms with Gasteiger partial charge >= 0.3 is 6.09 Å². The second-order valence-corrected chi connectivity index (χ2v) is 5.80. The maximum atomic E-state index is 12.2. The van der Waals surface area contributed by atoms with Crippen LogP contribution in [0.25, 0.3) is 0 Å². The fourth-order valence-electron chi connectivity index (χ4n) is 2.71. The summed E-state index contributed by atoms with van der Waals surface area (Å²) in [6.45, 7) is 4.51. The summed E-state index contributed by atoms with van der Waals surface area (Å²) in [5, 5.41) is 9.71. The first-order chi connectivity index (χ1) is 11.2. The van der Waals surface area contributed by atoms with E-state index in [-0.39, 0.29) is 18.2 Å². The minimum absolute atomic E-state index is 0.0641. The van der Waals surface area contributed by atoms with Gasteiger partial charge in [0, 0.05) is 6.54 Å². The van der Waals surface area contributed by atoms with E-state index in [2.05, 4.69) is 6.58 Å². The van der Waals surface area contributed by atoms with Crippen LogP contribution in [0.4, 0.5) is 4.79 Å². The van der Waals surface area contributed by atoms with Crippen molar-refractivity contribution in [1.29, 1.82) is 0 Å². The molecule has 4 nitrogen and oxygen atoms in total. The lowest BCUT2D eigenvalue weighted by atomic mass is 10.1. The summed E-state index contributed by atoms with van der Waals surface area (Å²) in [5.41, 5.74) is 0.983. The first kappa shape index (κ1) is 17.3. The maximum absolute atomic E-state index is 12.2. The number of amides is 1. The topological polar surface area (TPSA) is 49.8 Å². The molecule has 1 N–H and O–H groups in total. The first-order valence-corrected chi connectivity index (χ1v) is 8.13. The van der Waals surface area contributed by atoms with Gasteiger partial charge in [0.1, 0.15) is 6.61 Å². The van der Waals surface area contributed by atoms with Crippen LogP contribution in [0.5, 0.6) is 0 Å². The summed E-state index contributed by atoms with van der Waals surface area (Å²) in [6.07, 6.45) is 8.20. The molecule has 1 heterocycles. The normalized spacial score (nSPS) is 18.0. The number of benzene rings is 1. The Hall–Kier alpha value is -2.07. The number of aliphatic hydroxyl groups excluding tert-OH is 1. The smallest absolute Gasteiger partial charge is 0.410 e. The molecule has 0 radical (unpaired) electrons. The van der Waals surface area contributed by atoms with E-state index in [0.717, 1.165) is 24.8 Å². The van der Waals surface area contributed by atoms with E-state index in [1.54, 1.807) is 11.0 Å². The molecule has 1 amide bonds. The van der Waals surface area contributed by atoms with Crippen molar-refractivity contribution in [2.24, 2.45) is 0 Å². The zero-order valence-corrected chi connectivity index (χ0v) is 13.4. The van der Waals surface area contributed by atoms with Crippen LogP contribution in [0.3, 0.4) is 0 Å². The summed E-state index contributed by atoms with van der Waals surface area (Å²) in [5.74, 6) is 0. The highest BCUT2D eigenvalue weighted by Crippen LogP contribution is 2.19. The Bertz CT molecular complexity index is 527. The van der Waals surface area contributed by atoms with Gasteiger partial charge in [-0.25, -0.2) is 4.79 Å². The maximum Gasteiger partial charge on any atom is 0.410 e. The standard InChI is InChI=1S/C19H25NO3/c1-2-8-18(21)13-6-11-17-12-7-14-20(17)19(22)23-15-16-9-4-3-5-10-16/h2-5,7,9-10,12,17-18,21H,1,6,8,11,13-15H2/t17-,18+/m1/s1. The minimum Gasteiger partial charge on any atom is -0.445 e. The third kappa shape index (κ3) is 5.57. The van der Waals surface area contributed by atoms with Gasteiger partial charge in [-0.05, 0) is 31.2 Å². The van der Waals surface area contributed by atoms with E-state index in [0.29, 0.717) is 19.6 Å². The molecule has 0 spiro atoms. The SMILES string of the molecule is C=CC[C@H](O)CCC[C@@H]1C=CCN1C(=O)OCc1ccccc1. The number of rotatable bonds is 8. The van der Waals surface area contributed by atoms with Crippen LogP contribution in [-0.4, -0.2) is 34.8 Å². The van der Waals surface area contributed by atoms with Crippen LogP contribution in [0, 0.1) is 0 Å². The predicted octanol–water partition coefficient (Wildman–Crippen LogP) is 3.67. The van der Waals surface area contributed by atoms with Gasteiger partial charge in [0.15, 0.2) is 0 Å². The fourth-order valence-corrected chi connectivity index (χ4v) is 2.71. The highest BCUT2D eigenvalue weighted by atomic mass is 16.6. The molecule has 4 heteroatoms. The molecule has 0 bridgehead atoms. The van der Waals surface area contributed by atoms with Crippen molar-refractivity contribution in [2.75, 3.05) is 6.54 Å². The van der Waals surface area contributed by atoms with Crippen LogP contribution in [0.15, 0.2) is 55.1 Å². The van der Waals surface area contributed by atoms with Crippen molar-refractivity contribution < 1.29 is 14.6 Å². The van der Waals surface area contributed by atoms with Gasteiger partial charge in [0.25, 0.3) is 0 Å². The summed E-state index contributed by atoms with van der Waals surface area (Å²) >= 11 is 0.